The number of hydrogen-bond acceptors (Lipinski definition) is 7. The van der Waals surface area contributed by atoms with E-state index in [0.717, 1.165) is 16.7 Å². The molecule has 3 aromatic carbocycles. The van der Waals surface area contributed by atoms with E-state index >= 15 is 0 Å². The maximum absolute atomic E-state index is 14.2. The van der Waals surface area contributed by atoms with Crippen molar-refractivity contribution >= 4 is 14.4 Å². The number of nitrogens with zero attached hydrogens (tertiary/aromatic N) is 1. The van der Waals surface area contributed by atoms with E-state index in [1.54, 1.807) is 0 Å². The number of ether oxygens (including phenoxy) is 4. The van der Waals surface area contributed by atoms with Crippen molar-refractivity contribution in [1.29, 1.82) is 0 Å². The second kappa shape index (κ2) is 16.8. The topological polar surface area (TPSA) is 86.7 Å². The predicted molar refractivity (Wildman–Crippen MR) is 195 cm³/mol. The van der Waals surface area contributed by atoms with E-state index in [9.17, 15) is 9.90 Å². The second-order valence-corrected chi connectivity index (χ2v) is 20.3. The van der Waals surface area contributed by atoms with Crippen molar-refractivity contribution in [2.75, 3.05) is 13.2 Å². The molecule has 0 radical (unpaired) electrons. The van der Waals surface area contributed by atoms with Crippen LogP contribution in [0.2, 0.25) is 18.1 Å². The van der Waals surface area contributed by atoms with Gasteiger partial charge in [0, 0.05) is 13.0 Å². The maximum Gasteiger partial charge on any atom is 0.413 e. The molecule has 3 aromatic rings. The van der Waals surface area contributed by atoms with Gasteiger partial charge in [-0.2, -0.15) is 0 Å². The van der Waals surface area contributed by atoms with Crippen LogP contribution in [-0.4, -0.2) is 67.2 Å². The molecule has 1 heterocycles. The third-order valence-corrected chi connectivity index (χ3v) is 13.9. The highest BCUT2D eigenvalue weighted by Crippen LogP contribution is 2.42. The smallest absolute Gasteiger partial charge is 0.413 e. The standard InChI is InChI=1S/C40H57NO7Si/c1-38(2,3)48-37(42)41-34(30-44-27-31-19-12-9-13-20-31)35(45-28-32-21-14-10-15-22-32)36(46-29-33-23-16-11-17-24-33)40(41,43)25-18-26-47-49(7,8)39(4,5)6/h9-17,19-24,34-36,43H,18,25-30H2,1-8H3/t34-,35-,36+,40?/m1/s1. The van der Waals surface area contributed by atoms with Crippen molar-refractivity contribution in [2.45, 2.75) is 122 Å². The third kappa shape index (κ3) is 10.7. The number of likely N-dealkylation sites (tertiary alicyclic amines) is 1. The first-order valence-electron chi connectivity index (χ1n) is 17.4. The molecular weight excluding hydrogens is 635 g/mol. The minimum atomic E-state index is -2.04. The molecule has 4 rings (SSSR count). The van der Waals surface area contributed by atoms with E-state index in [0.29, 0.717) is 19.6 Å². The van der Waals surface area contributed by atoms with Gasteiger partial charge < -0.3 is 28.5 Å². The second-order valence-electron chi connectivity index (χ2n) is 15.5. The molecule has 8 nitrogen and oxygen atoms in total. The van der Waals surface area contributed by atoms with Gasteiger partial charge in [-0.25, -0.2) is 4.79 Å². The average molecular weight is 692 g/mol. The summed E-state index contributed by atoms with van der Waals surface area (Å²) in [6.07, 6.45) is -1.61. The first-order chi connectivity index (χ1) is 23.1. The van der Waals surface area contributed by atoms with Gasteiger partial charge in [0.05, 0.1) is 32.5 Å². The van der Waals surface area contributed by atoms with E-state index in [4.69, 9.17) is 23.4 Å². The van der Waals surface area contributed by atoms with Gasteiger partial charge in [0.2, 0.25) is 0 Å². The van der Waals surface area contributed by atoms with E-state index in [-0.39, 0.29) is 31.3 Å². The Morgan fingerprint density at radius 1 is 0.776 bits per heavy atom. The zero-order chi connectivity index (χ0) is 35.7. The van der Waals surface area contributed by atoms with E-state index in [2.05, 4.69) is 33.9 Å². The molecule has 0 spiro atoms. The number of rotatable bonds is 15. The van der Waals surface area contributed by atoms with Gasteiger partial charge in [-0.05, 0) is 62.0 Å². The lowest BCUT2D eigenvalue weighted by Crippen LogP contribution is -2.57. The predicted octanol–water partition coefficient (Wildman–Crippen LogP) is 8.48. The molecule has 0 aromatic heterocycles. The summed E-state index contributed by atoms with van der Waals surface area (Å²) in [5, 5.41) is 13.0. The fourth-order valence-electron chi connectivity index (χ4n) is 5.77. The molecule has 1 saturated heterocycles. The molecule has 1 aliphatic rings. The summed E-state index contributed by atoms with van der Waals surface area (Å²) in [6.45, 7) is 17.9. The van der Waals surface area contributed by atoms with Crippen molar-refractivity contribution in [3.8, 4) is 0 Å². The molecular formula is C40H57NO7Si. The minimum Gasteiger partial charge on any atom is -0.444 e. The van der Waals surface area contributed by atoms with Crippen LogP contribution in [0.1, 0.15) is 71.1 Å². The van der Waals surface area contributed by atoms with Crippen molar-refractivity contribution in [2.24, 2.45) is 0 Å². The molecule has 49 heavy (non-hydrogen) atoms. The normalized spacial score (nSPS) is 21.6. The molecule has 1 fully saturated rings. The number of carbonyl (C=O) groups is 1. The van der Waals surface area contributed by atoms with Crippen LogP contribution in [0.5, 0.6) is 0 Å². The molecule has 1 aliphatic heterocycles. The van der Waals surface area contributed by atoms with Crippen molar-refractivity contribution in [3.05, 3.63) is 108 Å². The summed E-state index contributed by atoms with van der Waals surface area (Å²) < 4.78 is 32.1. The van der Waals surface area contributed by atoms with Gasteiger partial charge in [0.25, 0.3) is 0 Å². The van der Waals surface area contributed by atoms with Crippen LogP contribution in [0.25, 0.3) is 0 Å². The van der Waals surface area contributed by atoms with Gasteiger partial charge >= 0.3 is 6.09 Å². The number of benzene rings is 3. The van der Waals surface area contributed by atoms with Crippen LogP contribution in [0.4, 0.5) is 4.79 Å². The molecule has 0 bridgehead atoms. The lowest BCUT2D eigenvalue weighted by atomic mass is 9.99. The Kier molecular flexibility index (Phi) is 13.3. The van der Waals surface area contributed by atoms with E-state index in [1.807, 2.05) is 112 Å². The van der Waals surface area contributed by atoms with Gasteiger partial charge in [-0.1, -0.05) is 112 Å². The fraction of sp³-hybridized carbons (Fsp3) is 0.525. The summed E-state index contributed by atoms with van der Waals surface area (Å²) >= 11 is 0. The van der Waals surface area contributed by atoms with E-state index in [1.165, 1.54) is 4.90 Å². The Morgan fingerprint density at radius 2 is 1.27 bits per heavy atom. The lowest BCUT2D eigenvalue weighted by molar-refractivity contribution is -0.182. The van der Waals surface area contributed by atoms with Crippen LogP contribution in [0.15, 0.2) is 91.0 Å². The molecule has 0 saturated carbocycles. The molecule has 1 amide bonds. The lowest BCUT2D eigenvalue weighted by Gasteiger charge is -2.40. The zero-order valence-corrected chi connectivity index (χ0v) is 31.7. The SMILES string of the molecule is CC(C)(C)OC(=O)N1[C@H](COCc2ccccc2)[C@@H](OCc2ccccc2)[C@H](OCc2ccccc2)C1(O)CCCO[Si](C)(C)C(C)(C)C. The summed E-state index contributed by atoms with van der Waals surface area (Å²) in [6, 6.07) is 28.8. The Labute approximate surface area is 294 Å². The quantitative estimate of drug-likeness (QED) is 0.126. The summed E-state index contributed by atoms with van der Waals surface area (Å²) in [5.74, 6) is 0. The van der Waals surface area contributed by atoms with Crippen molar-refractivity contribution in [3.63, 3.8) is 0 Å². The molecule has 0 aliphatic carbocycles. The molecule has 4 atom stereocenters. The first kappa shape index (κ1) is 38.7. The number of carbonyl (C=O) groups excluding carboxylic acids is 1. The maximum atomic E-state index is 14.2. The van der Waals surface area contributed by atoms with E-state index < -0.39 is 44.0 Å². The van der Waals surface area contributed by atoms with Gasteiger partial charge in [0.1, 0.15) is 17.8 Å². The Bertz CT molecular complexity index is 1430. The van der Waals surface area contributed by atoms with Gasteiger partial charge in [-0.15, -0.1) is 0 Å². The van der Waals surface area contributed by atoms with Crippen LogP contribution in [0, 0.1) is 0 Å². The highest BCUT2D eigenvalue weighted by molar-refractivity contribution is 6.74. The molecule has 1 unspecified atom stereocenters. The first-order valence-corrected chi connectivity index (χ1v) is 20.3. The fourth-order valence-corrected chi connectivity index (χ4v) is 6.86. The number of aliphatic hydroxyl groups is 1. The Balaban J connectivity index is 1.71. The van der Waals surface area contributed by atoms with Crippen LogP contribution in [0.3, 0.4) is 0 Å². The monoisotopic (exact) mass is 691 g/mol. The molecule has 268 valence electrons. The third-order valence-electron chi connectivity index (χ3n) is 9.39. The molecule has 1 N–H and O–H groups in total. The van der Waals surface area contributed by atoms with Crippen molar-refractivity contribution < 1.29 is 33.3 Å². The van der Waals surface area contributed by atoms with Crippen molar-refractivity contribution in [1.82, 2.24) is 4.90 Å². The number of hydrogen-bond donors (Lipinski definition) is 1. The van der Waals surface area contributed by atoms with Gasteiger partial charge in [0.15, 0.2) is 14.0 Å². The van der Waals surface area contributed by atoms with Crippen LogP contribution >= 0.6 is 0 Å². The highest BCUT2D eigenvalue weighted by Gasteiger charge is 2.62. The zero-order valence-electron chi connectivity index (χ0n) is 30.7. The Morgan fingerprint density at radius 3 is 1.76 bits per heavy atom. The van der Waals surface area contributed by atoms with Crippen LogP contribution in [-0.2, 0) is 43.2 Å². The summed E-state index contributed by atoms with van der Waals surface area (Å²) in [7, 11) is -2.04. The molecule has 9 heteroatoms. The Hall–Kier alpha value is -3.05. The summed E-state index contributed by atoms with van der Waals surface area (Å²) in [4.78, 5) is 15.7. The van der Waals surface area contributed by atoms with Gasteiger partial charge in [-0.3, -0.25) is 4.90 Å². The summed E-state index contributed by atoms with van der Waals surface area (Å²) in [5.41, 5.74) is 0.329. The van der Waals surface area contributed by atoms with Crippen LogP contribution < -0.4 is 0 Å². The highest BCUT2D eigenvalue weighted by atomic mass is 28.4. The minimum absolute atomic E-state index is 0.0404. The average Bonchev–Trinajstić information content (AvgIpc) is 3.27. The number of amides is 1. The largest absolute Gasteiger partial charge is 0.444 e.